The Morgan fingerprint density at radius 3 is 3.00 bits per heavy atom. The van der Waals surface area contributed by atoms with Gasteiger partial charge in [0.05, 0.1) is 6.42 Å². The van der Waals surface area contributed by atoms with Gasteiger partial charge < -0.3 is 4.74 Å². The van der Waals surface area contributed by atoms with Gasteiger partial charge in [-0.3, -0.25) is 4.79 Å². The number of aromatic nitrogens is 3. The van der Waals surface area contributed by atoms with Crippen LogP contribution in [0.1, 0.15) is 19.7 Å². The molecule has 0 aliphatic carbocycles. The number of nitrogens with zero attached hydrogens (tertiary/aromatic N) is 3. The second-order valence-corrected chi connectivity index (χ2v) is 2.84. The Morgan fingerprint density at radius 1 is 1.57 bits per heavy atom. The van der Waals surface area contributed by atoms with Gasteiger partial charge in [0, 0.05) is 13.2 Å². The Balaban J connectivity index is 2.47. The predicted octanol–water partition coefficient (Wildman–Crippen LogP) is 0.446. The molecule has 1 rings (SSSR count). The van der Waals surface area contributed by atoms with Gasteiger partial charge in [0.15, 0.2) is 5.78 Å². The quantitative estimate of drug-likeness (QED) is 0.664. The summed E-state index contributed by atoms with van der Waals surface area (Å²) in [6, 6.07) is 0. The summed E-state index contributed by atoms with van der Waals surface area (Å²) in [5.41, 5.74) is 0. The third-order valence-electron chi connectivity index (χ3n) is 1.82. The molecule has 0 N–H and O–H groups in total. The summed E-state index contributed by atoms with van der Waals surface area (Å²) in [5.74, 6) is 0.742. The van der Waals surface area contributed by atoms with Gasteiger partial charge in [-0.15, -0.1) is 0 Å². The first kappa shape index (κ1) is 10.8. The maximum atomic E-state index is 11.3. The number of aryl methyl sites for hydroxylation is 1. The summed E-state index contributed by atoms with van der Waals surface area (Å²) in [7, 11) is 0. The van der Waals surface area contributed by atoms with E-state index in [4.69, 9.17) is 4.74 Å². The average molecular weight is 197 g/mol. The van der Waals surface area contributed by atoms with Gasteiger partial charge in [-0.2, -0.15) is 5.10 Å². The zero-order valence-electron chi connectivity index (χ0n) is 8.56. The summed E-state index contributed by atoms with van der Waals surface area (Å²) in [5, 5.41) is 3.98. The van der Waals surface area contributed by atoms with Crippen LogP contribution in [0.25, 0.3) is 0 Å². The zero-order valence-corrected chi connectivity index (χ0v) is 8.56. The minimum atomic E-state index is 0.0366. The molecule has 0 bridgehead atoms. The number of hydrogen-bond donors (Lipinski definition) is 0. The Labute approximate surface area is 83.1 Å². The summed E-state index contributed by atoms with van der Waals surface area (Å²) in [6.45, 7) is 5.28. The maximum absolute atomic E-state index is 11.3. The number of Topliss-reactive ketones (excluding diaryl/α,β-unsaturated/α-hetero) is 1. The molecule has 0 aromatic carbocycles. The van der Waals surface area contributed by atoms with Crippen LogP contribution in [0.2, 0.25) is 0 Å². The van der Waals surface area contributed by atoms with Crippen molar-refractivity contribution in [2.24, 2.45) is 0 Å². The van der Waals surface area contributed by atoms with Crippen molar-refractivity contribution in [2.75, 3.05) is 13.2 Å². The lowest BCUT2D eigenvalue weighted by Crippen LogP contribution is -2.15. The first-order valence-electron chi connectivity index (χ1n) is 4.74. The molecule has 5 heteroatoms. The highest BCUT2D eigenvalue weighted by Gasteiger charge is 2.08. The van der Waals surface area contributed by atoms with Gasteiger partial charge in [0.25, 0.3) is 0 Å². The normalized spacial score (nSPS) is 10.4. The van der Waals surface area contributed by atoms with Gasteiger partial charge in [-0.1, -0.05) is 0 Å². The number of rotatable bonds is 6. The number of ether oxygens (including phenoxy) is 1. The molecule has 14 heavy (non-hydrogen) atoms. The van der Waals surface area contributed by atoms with Crippen LogP contribution in [0, 0.1) is 0 Å². The van der Waals surface area contributed by atoms with Gasteiger partial charge in [-0.25, -0.2) is 9.67 Å². The molecule has 0 saturated heterocycles. The van der Waals surface area contributed by atoms with Crippen molar-refractivity contribution in [3.05, 3.63) is 12.2 Å². The summed E-state index contributed by atoms with van der Waals surface area (Å²) in [6.07, 6.45) is 1.76. The Hall–Kier alpha value is -1.23. The molecule has 0 aliphatic rings. The van der Waals surface area contributed by atoms with E-state index >= 15 is 0 Å². The minimum Gasteiger partial charge on any atom is -0.374 e. The molecule has 0 amide bonds. The molecule has 0 fully saturated rings. The molecular formula is C9H15N3O2. The first-order chi connectivity index (χ1) is 6.77. The standard InChI is InChI=1S/C9H15N3O2/c1-3-12-9(10-7-11-12)5-8(13)6-14-4-2/h7H,3-6H2,1-2H3. The van der Waals surface area contributed by atoms with E-state index in [9.17, 15) is 4.79 Å². The van der Waals surface area contributed by atoms with Crippen LogP contribution in [0.4, 0.5) is 0 Å². The predicted molar refractivity (Wildman–Crippen MR) is 50.9 cm³/mol. The average Bonchev–Trinajstić information content (AvgIpc) is 2.62. The molecule has 5 nitrogen and oxygen atoms in total. The highest BCUT2D eigenvalue weighted by atomic mass is 16.5. The molecule has 1 heterocycles. The molecule has 0 radical (unpaired) electrons. The molecule has 1 aromatic rings. The largest absolute Gasteiger partial charge is 0.374 e. The fourth-order valence-electron chi connectivity index (χ4n) is 1.13. The van der Waals surface area contributed by atoms with Gasteiger partial charge in [-0.05, 0) is 13.8 Å². The van der Waals surface area contributed by atoms with E-state index in [0.29, 0.717) is 18.9 Å². The summed E-state index contributed by atoms with van der Waals surface area (Å²) >= 11 is 0. The molecule has 1 aromatic heterocycles. The lowest BCUT2D eigenvalue weighted by Gasteiger charge is -2.02. The summed E-state index contributed by atoms with van der Waals surface area (Å²) in [4.78, 5) is 15.3. The van der Waals surface area contributed by atoms with E-state index in [1.165, 1.54) is 6.33 Å². The second kappa shape index (κ2) is 5.49. The van der Waals surface area contributed by atoms with Crippen LogP contribution in [-0.4, -0.2) is 33.8 Å². The highest BCUT2D eigenvalue weighted by molar-refractivity contribution is 5.81. The highest BCUT2D eigenvalue weighted by Crippen LogP contribution is 1.96. The molecule has 0 spiro atoms. The lowest BCUT2D eigenvalue weighted by molar-refractivity contribution is -0.122. The molecule has 0 saturated carbocycles. The Bertz CT molecular complexity index is 296. The third kappa shape index (κ3) is 2.92. The van der Waals surface area contributed by atoms with Crippen LogP contribution in [0.5, 0.6) is 0 Å². The SMILES string of the molecule is CCOCC(=O)Cc1ncnn1CC. The third-order valence-corrected chi connectivity index (χ3v) is 1.82. The van der Waals surface area contributed by atoms with Crippen LogP contribution in [0.15, 0.2) is 6.33 Å². The molecule has 78 valence electrons. The molecule has 0 aliphatic heterocycles. The molecule has 0 unspecified atom stereocenters. The van der Waals surface area contributed by atoms with Crippen LogP contribution >= 0.6 is 0 Å². The van der Waals surface area contributed by atoms with Gasteiger partial charge >= 0.3 is 0 Å². The van der Waals surface area contributed by atoms with Gasteiger partial charge in [0.1, 0.15) is 18.8 Å². The maximum Gasteiger partial charge on any atom is 0.166 e. The van der Waals surface area contributed by atoms with Crippen molar-refractivity contribution in [2.45, 2.75) is 26.8 Å². The van der Waals surface area contributed by atoms with Crippen LogP contribution < -0.4 is 0 Å². The van der Waals surface area contributed by atoms with Crippen molar-refractivity contribution >= 4 is 5.78 Å². The number of carbonyl (C=O) groups is 1. The van der Waals surface area contributed by atoms with E-state index in [1.807, 2.05) is 13.8 Å². The monoisotopic (exact) mass is 197 g/mol. The van der Waals surface area contributed by atoms with E-state index in [-0.39, 0.29) is 12.4 Å². The number of ketones is 1. The second-order valence-electron chi connectivity index (χ2n) is 2.84. The van der Waals surface area contributed by atoms with Crippen molar-refractivity contribution in [3.8, 4) is 0 Å². The van der Waals surface area contributed by atoms with E-state index < -0.39 is 0 Å². The number of hydrogen-bond acceptors (Lipinski definition) is 4. The fourth-order valence-corrected chi connectivity index (χ4v) is 1.13. The van der Waals surface area contributed by atoms with Crippen molar-refractivity contribution in [3.63, 3.8) is 0 Å². The van der Waals surface area contributed by atoms with E-state index in [1.54, 1.807) is 4.68 Å². The van der Waals surface area contributed by atoms with E-state index in [2.05, 4.69) is 10.1 Å². The van der Waals surface area contributed by atoms with Gasteiger partial charge in [0.2, 0.25) is 0 Å². The van der Waals surface area contributed by atoms with E-state index in [0.717, 1.165) is 6.54 Å². The lowest BCUT2D eigenvalue weighted by atomic mass is 10.3. The topological polar surface area (TPSA) is 57.0 Å². The van der Waals surface area contributed by atoms with Crippen molar-refractivity contribution in [1.29, 1.82) is 0 Å². The smallest absolute Gasteiger partial charge is 0.166 e. The van der Waals surface area contributed by atoms with Crippen LogP contribution in [0.3, 0.4) is 0 Å². The first-order valence-corrected chi connectivity index (χ1v) is 4.74. The fraction of sp³-hybridized carbons (Fsp3) is 0.667. The number of carbonyl (C=O) groups excluding carboxylic acids is 1. The zero-order chi connectivity index (χ0) is 10.4. The van der Waals surface area contributed by atoms with Crippen LogP contribution in [-0.2, 0) is 22.5 Å². The Morgan fingerprint density at radius 2 is 2.36 bits per heavy atom. The molecule has 0 atom stereocenters. The van der Waals surface area contributed by atoms with Crippen molar-refractivity contribution < 1.29 is 9.53 Å². The Kier molecular flexibility index (Phi) is 4.25. The van der Waals surface area contributed by atoms with Crippen molar-refractivity contribution in [1.82, 2.24) is 14.8 Å². The minimum absolute atomic E-state index is 0.0366. The summed E-state index contributed by atoms with van der Waals surface area (Å²) < 4.78 is 6.72. The molecular weight excluding hydrogens is 182 g/mol.